The highest BCUT2D eigenvalue weighted by molar-refractivity contribution is 6.38. The van der Waals surface area contributed by atoms with Crippen molar-refractivity contribution in [3.63, 3.8) is 0 Å². The van der Waals surface area contributed by atoms with E-state index in [0.29, 0.717) is 22.0 Å². The van der Waals surface area contributed by atoms with Gasteiger partial charge in [-0.2, -0.15) is 0 Å². The number of nitrogens with one attached hydrogen (secondary N) is 1. The first kappa shape index (κ1) is 19.0. The second-order valence-electron chi connectivity index (χ2n) is 7.07. The molecule has 2 heterocycles. The van der Waals surface area contributed by atoms with Crippen LogP contribution in [0, 0.1) is 6.92 Å². The van der Waals surface area contributed by atoms with Gasteiger partial charge in [0, 0.05) is 35.2 Å². The lowest BCUT2D eigenvalue weighted by atomic mass is 10.1. The van der Waals surface area contributed by atoms with E-state index in [9.17, 15) is 9.59 Å². The highest BCUT2D eigenvalue weighted by Gasteiger charge is 2.34. The summed E-state index contributed by atoms with van der Waals surface area (Å²) in [6.45, 7) is 1.91. The summed E-state index contributed by atoms with van der Waals surface area (Å²) < 4.78 is 1.93. The summed E-state index contributed by atoms with van der Waals surface area (Å²) in [5.74, 6) is -0.481. The van der Waals surface area contributed by atoms with Gasteiger partial charge in [-0.15, -0.1) is 0 Å². The molecule has 0 saturated carbocycles. The lowest BCUT2D eigenvalue weighted by molar-refractivity contribution is -0.118. The molecule has 1 aromatic heterocycles. The summed E-state index contributed by atoms with van der Waals surface area (Å²) in [5.41, 5.74) is 4.63. The predicted octanol–water partition coefficient (Wildman–Crippen LogP) is 4.51. The number of amides is 2. The van der Waals surface area contributed by atoms with E-state index < -0.39 is 0 Å². The third kappa shape index (κ3) is 3.82. The number of aromatic nitrogens is 1. The zero-order chi connectivity index (χ0) is 20.5. The first-order chi connectivity index (χ1) is 13.9. The largest absolute Gasteiger partial charge is 0.351 e. The maximum atomic E-state index is 13.2. The normalized spacial score (nSPS) is 14.4. The highest BCUT2D eigenvalue weighted by atomic mass is 35.5. The molecule has 0 bridgehead atoms. The van der Waals surface area contributed by atoms with Crippen LogP contribution in [0.25, 0.3) is 11.6 Å². The van der Waals surface area contributed by atoms with Gasteiger partial charge in [0.2, 0.25) is 5.91 Å². The standard InChI is InChI=1S/C23H20ClN3O2/c1-15-5-8-17(9-6-15)25-22(28)14-27-21-10-7-16(24)12-19(21)20(23(27)29)13-18-4-3-11-26(18)2/h3-13H,14H2,1-2H3,(H,25,28)/b20-13+. The molecule has 0 aliphatic carbocycles. The fraction of sp³-hybridized carbons (Fsp3) is 0.130. The van der Waals surface area contributed by atoms with Crippen LogP contribution in [-0.4, -0.2) is 22.9 Å². The Kier molecular flexibility index (Phi) is 4.99. The Morgan fingerprint density at radius 3 is 2.59 bits per heavy atom. The number of halogens is 1. The molecule has 0 unspecified atom stereocenters. The number of fused-ring (bicyclic) bond motifs is 1. The van der Waals surface area contributed by atoms with Gasteiger partial charge in [-0.1, -0.05) is 29.3 Å². The van der Waals surface area contributed by atoms with Crippen LogP contribution in [0.2, 0.25) is 5.02 Å². The molecule has 1 N–H and O–H groups in total. The van der Waals surface area contributed by atoms with Crippen LogP contribution < -0.4 is 10.2 Å². The summed E-state index contributed by atoms with van der Waals surface area (Å²) in [4.78, 5) is 27.3. The molecular formula is C23H20ClN3O2. The van der Waals surface area contributed by atoms with E-state index in [0.717, 1.165) is 16.8 Å². The van der Waals surface area contributed by atoms with Crippen molar-refractivity contribution in [1.82, 2.24) is 4.57 Å². The third-order valence-corrected chi connectivity index (χ3v) is 5.16. The predicted molar refractivity (Wildman–Crippen MR) is 117 cm³/mol. The Morgan fingerprint density at radius 2 is 1.90 bits per heavy atom. The summed E-state index contributed by atoms with van der Waals surface area (Å²) in [6.07, 6.45) is 3.74. The van der Waals surface area contributed by atoms with Gasteiger partial charge in [-0.25, -0.2) is 0 Å². The minimum absolute atomic E-state index is 0.0776. The summed E-state index contributed by atoms with van der Waals surface area (Å²) in [5, 5.41) is 3.39. The molecule has 1 aliphatic rings. The van der Waals surface area contributed by atoms with Crippen molar-refractivity contribution >= 4 is 46.4 Å². The maximum absolute atomic E-state index is 13.2. The molecule has 3 aromatic rings. The van der Waals surface area contributed by atoms with Crippen molar-refractivity contribution < 1.29 is 9.59 Å². The van der Waals surface area contributed by atoms with Crippen molar-refractivity contribution in [3.8, 4) is 0 Å². The van der Waals surface area contributed by atoms with Crippen molar-refractivity contribution in [2.24, 2.45) is 7.05 Å². The van der Waals surface area contributed by atoms with E-state index in [1.807, 2.05) is 67.2 Å². The average Bonchev–Trinajstić information content (AvgIpc) is 3.20. The lowest BCUT2D eigenvalue weighted by Crippen LogP contribution is -2.35. The lowest BCUT2D eigenvalue weighted by Gasteiger charge is -2.17. The van der Waals surface area contributed by atoms with Crippen LogP contribution in [-0.2, 0) is 16.6 Å². The average molecular weight is 406 g/mol. The number of carbonyl (C=O) groups is 2. The van der Waals surface area contributed by atoms with Gasteiger partial charge in [0.1, 0.15) is 6.54 Å². The Hall–Kier alpha value is -3.31. The molecule has 4 rings (SSSR count). The van der Waals surface area contributed by atoms with Crippen molar-refractivity contribution in [2.75, 3.05) is 16.8 Å². The summed E-state index contributed by atoms with van der Waals surface area (Å²) in [7, 11) is 1.91. The monoisotopic (exact) mass is 405 g/mol. The third-order valence-electron chi connectivity index (χ3n) is 4.93. The number of aryl methyl sites for hydroxylation is 2. The second kappa shape index (κ2) is 7.60. The number of benzene rings is 2. The van der Waals surface area contributed by atoms with Gasteiger partial charge >= 0.3 is 0 Å². The number of carbonyl (C=O) groups excluding carboxylic acids is 2. The first-order valence-electron chi connectivity index (χ1n) is 9.24. The molecule has 0 atom stereocenters. The molecule has 1 aliphatic heterocycles. The van der Waals surface area contributed by atoms with Crippen LogP contribution in [0.15, 0.2) is 60.8 Å². The van der Waals surface area contributed by atoms with Crippen molar-refractivity contribution in [2.45, 2.75) is 6.92 Å². The van der Waals surface area contributed by atoms with E-state index >= 15 is 0 Å². The number of nitrogens with zero attached hydrogens (tertiary/aromatic N) is 2. The van der Waals surface area contributed by atoms with Gasteiger partial charge in [-0.3, -0.25) is 14.5 Å². The second-order valence-corrected chi connectivity index (χ2v) is 7.51. The molecule has 0 spiro atoms. The molecule has 2 aromatic carbocycles. The summed E-state index contributed by atoms with van der Waals surface area (Å²) >= 11 is 6.18. The van der Waals surface area contributed by atoms with Crippen molar-refractivity contribution in [3.05, 3.63) is 82.6 Å². The smallest absolute Gasteiger partial charge is 0.259 e. The molecule has 29 heavy (non-hydrogen) atoms. The van der Waals surface area contributed by atoms with E-state index in [4.69, 9.17) is 11.6 Å². The van der Waals surface area contributed by atoms with Crippen LogP contribution in [0.5, 0.6) is 0 Å². The molecule has 6 heteroatoms. The van der Waals surface area contributed by atoms with Crippen LogP contribution in [0.3, 0.4) is 0 Å². The van der Waals surface area contributed by atoms with Gasteiger partial charge in [0.25, 0.3) is 5.91 Å². The van der Waals surface area contributed by atoms with E-state index in [2.05, 4.69) is 5.32 Å². The Balaban J connectivity index is 1.63. The SMILES string of the molecule is Cc1ccc(NC(=O)CN2C(=O)/C(=C/c3cccn3C)c3cc(Cl)ccc32)cc1. The van der Waals surface area contributed by atoms with Gasteiger partial charge in [0.15, 0.2) is 0 Å². The fourth-order valence-corrected chi connectivity index (χ4v) is 3.55. The molecule has 0 fully saturated rings. The summed E-state index contributed by atoms with van der Waals surface area (Å²) in [6, 6.07) is 16.6. The molecule has 0 saturated heterocycles. The van der Waals surface area contributed by atoms with Crippen LogP contribution >= 0.6 is 11.6 Å². The molecule has 0 radical (unpaired) electrons. The molecule has 2 amide bonds. The van der Waals surface area contributed by atoms with E-state index in [-0.39, 0.29) is 18.4 Å². The number of hydrogen-bond donors (Lipinski definition) is 1. The van der Waals surface area contributed by atoms with Crippen LogP contribution in [0.4, 0.5) is 11.4 Å². The van der Waals surface area contributed by atoms with Gasteiger partial charge in [-0.05, 0) is 55.5 Å². The quantitative estimate of drug-likeness (QED) is 0.649. The number of anilines is 2. The van der Waals surface area contributed by atoms with E-state index in [1.54, 1.807) is 18.2 Å². The van der Waals surface area contributed by atoms with E-state index in [1.165, 1.54) is 4.90 Å². The zero-order valence-electron chi connectivity index (χ0n) is 16.1. The Morgan fingerprint density at radius 1 is 1.14 bits per heavy atom. The molecule has 146 valence electrons. The first-order valence-corrected chi connectivity index (χ1v) is 9.61. The number of hydrogen-bond acceptors (Lipinski definition) is 2. The van der Waals surface area contributed by atoms with Crippen molar-refractivity contribution in [1.29, 1.82) is 0 Å². The van der Waals surface area contributed by atoms with Gasteiger partial charge in [0.05, 0.1) is 11.3 Å². The highest BCUT2D eigenvalue weighted by Crippen LogP contribution is 2.39. The zero-order valence-corrected chi connectivity index (χ0v) is 16.9. The fourth-order valence-electron chi connectivity index (χ4n) is 3.38. The molecule has 5 nitrogen and oxygen atoms in total. The Bertz CT molecular complexity index is 1130. The minimum Gasteiger partial charge on any atom is -0.351 e. The number of rotatable bonds is 4. The molecular weight excluding hydrogens is 386 g/mol. The van der Waals surface area contributed by atoms with Gasteiger partial charge < -0.3 is 9.88 Å². The van der Waals surface area contributed by atoms with Crippen LogP contribution in [0.1, 0.15) is 16.8 Å². The minimum atomic E-state index is -0.261. The Labute approximate surface area is 174 Å². The maximum Gasteiger partial charge on any atom is 0.259 e. The topological polar surface area (TPSA) is 54.3 Å².